The lowest BCUT2D eigenvalue weighted by molar-refractivity contribution is 0.619. The van der Waals surface area contributed by atoms with E-state index in [1.165, 1.54) is 0 Å². The fraction of sp³-hybridized carbons (Fsp3) is 0.0390. The highest BCUT2D eigenvalue weighted by Gasteiger charge is 2.43. The summed E-state index contributed by atoms with van der Waals surface area (Å²) in [6.07, 6.45) is 0. The number of rotatable bonds is 8. The number of fused-ring (bicyclic) bond motifs is 8. The Hall–Kier alpha value is -11.6. The third-order valence-corrected chi connectivity index (χ3v) is 17.4. The average Bonchev–Trinajstić information content (AvgIpc) is 1.15. The van der Waals surface area contributed by atoms with Gasteiger partial charge in [-0.15, -0.1) is 0 Å². The highest BCUT2D eigenvalue weighted by Crippen LogP contribution is 2.68. The number of nitrogens with zero attached hydrogens (tertiary/aromatic N) is 8. The third kappa shape index (κ3) is 7.74. The summed E-state index contributed by atoms with van der Waals surface area (Å²) in [4.78, 5) is 24.9. The first-order valence-corrected chi connectivity index (χ1v) is 29.3. The Morgan fingerprint density at radius 2 is 0.517 bits per heavy atom. The summed E-state index contributed by atoms with van der Waals surface area (Å²) in [7, 11) is 6.53. The molecule has 0 spiro atoms. The van der Waals surface area contributed by atoms with Gasteiger partial charge in [0.2, 0.25) is 11.8 Å². The smallest absolute Gasteiger partial charge is 0.227 e. The van der Waals surface area contributed by atoms with Crippen LogP contribution < -0.4 is 29.4 Å². The van der Waals surface area contributed by atoms with Crippen molar-refractivity contribution in [3.05, 3.63) is 273 Å². The molecule has 3 aliphatic rings. The van der Waals surface area contributed by atoms with Crippen LogP contribution >= 0.6 is 0 Å². The quantitative estimate of drug-likeness (QED) is 0.147. The molecule has 414 valence electrons. The van der Waals surface area contributed by atoms with Crippen molar-refractivity contribution in [3.63, 3.8) is 0 Å². The van der Waals surface area contributed by atoms with Crippen molar-refractivity contribution in [1.29, 1.82) is 0 Å². The lowest BCUT2D eigenvalue weighted by Gasteiger charge is -2.46. The van der Waals surface area contributed by atoms with E-state index in [9.17, 15) is 0 Å². The number of para-hydroxylation sites is 16. The molecule has 0 aliphatic carbocycles. The fourth-order valence-corrected chi connectivity index (χ4v) is 13.5. The van der Waals surface area contributed by atoms with E-state index in [0.29, 0.717) is 11.8 Å². The van der Waals surface area contributed by atoms with E-state index in [1.807, 2.05) is 48.5 Å². The van der Waals surface area contributed by atoms with Gasteiger partial charge >= 0.3 is 0 Å². The summed E-state index contributed by atoms with van der Waals surface area (Å²) in [5.41, 5.74) is 25.9. The number of hydrogen-bond acceptors (Lipinski definition) is 10. The number of anilines is 15. The first-order valence-electron chi connectivity index (χ1n) is 29.3. The largest absolute Gasteiger partial charge is 0.436 e. The second-order valence-electron chi connectivity index (χ2n) is 22.3. The number of aromatic nitrogens is 2. The Morgan fingerprint density at radius 3 is 0.897 bits per heavy atom. The SMILES string of the molecule is CN1c2ccccc2N(c2c(-c3cccc(-c4nc5ccccc5o4)c3)c(-c3ccccc3)c(N3c4ccccc4N(C)c4ccccc43)c(N3c4ccccc4N(C)c4ccccc43)c2-c2cccc(-c3nc4ccccc4o3)c2)c2ccccc21. The van der Waals surface area contributed by atoms with Crippen molar-refractivity contribution >= 4 is 108 Å². The highest BCUT2D eigenvalue weighted by atomic mass is 16.4. The molecule has 14 aromatic rings. The molecular formula is C77H54N8O2. The molecule has 0 unspecified atom stereocenters. The van der Waals surface area contributed by atoms with Gasteiger partial charge < -0.3 is 38.2 Å². The number of benzene rings is 12. The monoisotopic (exact) mass is 1120 g/mol. The molecule has 87 heavy (non-hydrogen) atoms. The Bertz CT molecular complexity index is 4860. The van der Waals surface area contributed by atoms with Gasteiger partial charge in [0.25, 0.3) is 0 Å². The predicted molar refractivity (Wildman–Crippen MR) is 357 cm³/mol. The van der Waals surface area contributed by atoms with Crippen LogP contribution in [-0.4, -0.2) is 31.1 Å². The molecule has 0 N–H and O–H groups in total. The summed E-state index contributed by atoms with van der Waals surface area (Å²) in [5.74, 6) is 1.06. The molecule has 0 radical (unpaired) electrons. The van der Waals surface area contributed by atoms with Crippen molar-refractivity contribution in [2.24, 2.45) is 0 Å². The van der Waals surface area contributed by atoms with Crippen molar-refractivity contribution in [2.75, 3.05) is 50.5 Å². The molecule has 17 rings (SSSR count). The Kier molecular flexibility index (Phi) is 11.3. The number of hydrogen-bond donors (Lipinski definition) is 0. The van der Waals surface area contributed by atoms with Crippen LogP contribution in [0.5, 0.6) is 0 Å². The van der Waals surface area contributed by atoms with E-state index < -0.39 is 0 Å². The van der Waals surface area contributed by atoms with E-state index in [2.05, 4.69) is 275 Å². The van der Waals surface area contributed by atoms with Crippen LogP contribution in [-0.2, 0) is 0 Å². The van der Waals surface area contributed by atoms with Crippen LogP contribution in [0.25, 0.3) is 78.5 Å². The molecule has 5 heterocycles. The lowest BCUT2D eigenvalue weighted by atomic mass is 9.82. The van der Waals surface area contributed by atoms with Crippen LogP contribution in [0.1, 0.15) is 0 Å². The van der Waals surface area contributed by atoms with Crippen molar-refractivity contribution in [1.82, 2.24) is 9.97 Å². The Labute approximate surface area is 503 Å². The van der Waals surface area contributed by atoms with Gasteiger partial charge in [0.15, 0.2) is 11.2 Å². The van der Waals surface area contributed by atoms with E-state index in [0.717, 1.165) is 152 Å². The van der Waals surface area contributed by atoms with Gasteiger partial charge in [-0.05, 0) is 138 Å². The molecule has 0 bridgehead atoms. The summed E-state index contributed by atoms with van der Waals surface area (Å²) in [5, 5.41) is 0. The van der Waals surface area contributed by atoms with E-state index >= 15 is 0 Å². The molecule has 0 saturated heterocycles. The zero-order valence-corrected chi connectivity index (χ0v) is 47.9. The van der Waals surface area contributed by atoms with Crippen LogP contribution in [0.4, 0.5) is 85.3 Å². The highest BCUT2D eigenvalue weighted by molar-refractivity contribution is 6.22. The molecule has 0 fully saturated rings. The van der Waals surface area contributed by atoms with E-state index in [4.69, 9.17) is 18.8 Å². The zero-order chi connectivity index (χ0) is 57.9. The van der Waals surface area contributed by atoms with Gasteiger partial charge in [0, 0.05) is 49.0 Å². The maximum Gasteiger partial charge on any atom is 0.227 e. The van der Waals surface area contributed by atoms with Crippen molar-refractivity contribution in [2.45, 2.75) is 0 Å². The summed E-state index contributed by atoms with van der Waals surface area (Å²) < 4.78 is 13.4. The lowest BCUT2D eigenvalue weighted by Crippen LogP contribution is -2.30. The summed E-state index contributed by atoms with van der Waals surface area (Å²) >= 11 is 0. The molecule has 0 amide bonds. The third-order valence-electron chi connectivity index (χ3n) is 17.4. The van der Waals surface area contributed by atoms with Gasteiger partial charge in [0.05, 0.1) is 85.3 Å². The fourth-order valence-electron chi connectivity index (χ4n) is 13.5. The molecule has 3 aliphatic heterocycles. The molecule has 12 aromatic carbocycles. The van der Waals surface area contributed by atoms with E-state index in [1.54, 1.807) is 0 Å². The maximum absolute atomic E-state index is 6.73. The Morgan fingerprint density at radius 1 is 0.241 bits per heavy atom. The first-order chi connectivity index (χ1) is 42.9. The normalized spacial score (nSPS) is 13.1. The van der Waals surface area contributed by atoms with Gasteiger partial charge in [-0.1, -0.05) is 152 Å². The van der Waals surface area contributed by atoms with Crippen LogP contribution in [0, 0.1) is 0 Å². The topological polar surface area (TPSA) is 71.5 Å². The minimum Gasteiger partial charge on any atom is -0.436 e. The second-order valence-corrected chi connectivity index (χ2v) is 22.3. The van der Waals surface area contributed by atoms with Crippen LogP contribution in [0.15, 0.2) is 282 Å². The van der Waals surface area contributed by atoms with Crippen LogP contribution in [0.2, 0.25) is 0 Å². The Balaban J connectivity index is 1.15. The minimum atomic E-state index is 0.529. The minimum absolute atomic E-state index is 0.529. The van der Waals surface area contributed by atoms with Gasteiger partial charge in [0.1, 0.15) is 11.0 Å². The molecule has 10 nitrogen and oxygen atoms in total. The van der Waals surface area contributed by atoms with Crippen molar-refractivity contribution < 1.29 is 8.83 Å². The standard InChI is InChI=1S/C77H54N8O2/c1-80-56-33-9-15-39-62(56)83(63-40-16-10-34-57(63)80)73-71(50-27-23-29-52(47-50)76-78-54-31-7-21-45-68(54)86-76)70(49-25-5-4-6-26-49)74(84-64-41-17-11-35-58(64)81(2)59-36-12-18-42-65(59)84)75(85-66-43-19-13-37-60(66)82(3)61-38-14-20-44-67(61)85)72(73)51-28-24-30-53(48-51)77-79-55-32-8-22-46-69(55)87-77/h4-48H,1-3H3. The maximum atomic E-state index is 6.73. The van der Waals surface area contributed by atoms with Gasteiger partial charge in [-0.3, -0.25) is 0 Å². The second kappa shape index (κ2) is 19.8. The van der Waals surface area contributed by atoms with Gasteiger partial charge in [-0.2, -0.15) is 0 Å². The average molecular weight is 1120 g/mol. The molecular weight excluding hydrogens is 1070 g/mol. The van der Waals surface area contributed by atoms with E-state index in [-0.39, 0.29) is 0 Å². The van der Waals surface area contributed by atoms with Crippen molar-refractivity contribution in [3.8, 4) is 56.3 Å². The molecule has 0 atom stereocenters. The van der Waals surface area contributed by atoms with Crippen LogP contribution in [0.3, 0.4) is 0 Å². The van der Waals surface area contributed by atoms with Gasteiger partial charge in [-0.25, -0.2) is 9.97 Å². The molecule has 10 heteroatoms. The first kappa shape index (κ1) is 49.9. The molecule has 2 aromatic heterocycles. The summed E-state index contributed by atoms with van der Waals surface area (Å²) in [6.45, 7) is 0. The summed E-state index contributed by atoms with van der Waals surface area (Å²) in [6, 6.07) is 97.5. The zero-order valence-electron chi connectivity index (χ0n) is 47.9. The number of oxazole rings is 2. The predicted octanol–water partition coefficient (Wildman–Crippen LogP) is 21.0. The molecule has 0 saturated carbocycles.